The fourth-order valence-corrected chi connectivity index (χ4v) is 5.26. The van der Waals surface area contributed by atoms with Crippen LogP contribution in [0.15, 0.2) is 59.5 Å². The summed E-state index contributed by atoms with van der Waals surface area (Å²) in [5.41, 5.74) is 4.07. The summed E-state index contributed by atoms with van der Waals surface area (Å²) in [6, 6.07) is 14.1. The topological polar surface area (TPSA) is 157 Å². The molecule has 0 unspecified atom stereocenters. The van der Waals surface area contributed by atoms with E-state index < -0.39 is 41.0 Å². The van der Waals surface area contributed by atoms with Crippen LogP contribution in [0.25, 0.3) is 6.08 Å². The quantitative estimate of drug-likeness (QED) is 0.180. The van der Waals surface area contributed by atoms with Gasteiger partial charge in [0, 0.05) is 23.5 Å². The van der Waals surface area contributed by atoms with Gasteiger partial charge in [-0.3, -0.25) is 34.2 Å². The van der Waals surface area contributed by atoms with Crippen LogP contribution >= 0.6 is 11.8 Å². The van der Waals surface area contributed by atoms with Crippen LogP contribution in [0.1, 0.15) is 22.3 Å². The first-order valence-corrected chi connectivity index (χ1v) is 13.7. The third-order valence-corrected chi connectivity index (χ3v) is 7.21. The van der Waals surface area contributed by atoms with E-state index in [1.54, 1.807) is 12.1 Å². The molecule has 0 aliphatic carbocycles. The van der Waals surface area contributed by atoms with Crippen molar-refractivity contribution < 1.29 is 33.6 Å². The van der Waals surface area contributed by atoms with Crippen LogP contribution in [0.5, 0.6) is 11.5 Å². The number of imide groups is 1. The second-order valence-corrected chi connectivity index (χ2v) is 10.6. The number of nitro benzene ring substituents is 1. The van der Waals surface area contributed by atoms with Gasteiger partial charge in [-0.15, -0.1) is 0 Å². The number of carbonyl (C=O) groups is 4. The van der Waals surface area contributed by atoms with Crippen molar-refractivity contribution in [3.8, 4) is 11.5 Å². The Hall–Kier alpha value is -5.17. The lowest BCUT2D eigenvalue weighted by Crippen LogP contribution is -2.36. The zero-order valence-corrected chi connectivity index (χ0v) is 24.6. The molecule has 13 heteroatoms. The van der Waals surface area contributed by atoms with E-state index in [9.17, 15) is 29.3 Å². The largest absolute Gasteiger partial charge is 0.493 e. The fraction of sp³-hybridized carbons (Fsp3) is 0.200. The SMILES string of the molecule is COc1cc(/C=C2\SC(=O)N(CC(=O)Nc3c(C)cc(C)cc3C)C2=O)ccc1OCC(=O)Nc1cccc([N+](=O)[O-])c1. The normalized spacial score (nSPS) is 13.7. The van der Waals surface area contributed by atoms with Gasteiger partial charge in [-0.25, -0.2) is 0 Å². The van der Waals surface area contributed by atoms with Crippen molar-refractivity contribution in [2.75, 3.05) is 30.9 Å². The first-order valence-electron chi connectivity index (χ1n) is 12.9. The molecule has 4 rings (SSSR count). The lowest BCUT2D eigenvalue weighted by molar-refractivity contribution is -0.384. The number of nitrogens with zero attached hydrogens (tertiary/aromatic N) is 2. The number of aryl methyl sites for hydroxylation is 3. The molecule has 1 saturated heterocycles. The summed E-state index contributed by atoms with van der Waals surface area (Å²) in [7, 11) is 1.40. The molecular formula is C30H28N4O8S. The fourth-order valence-electron chi connectivity index (χ4n) is 4.42. The second-order valence-electron chi connectivity index (χ2n) is 9.64. The summed E-state index contributed by atoms with van der Waals surface area (Å²) in [6.45, 7) is 4.87. The maximum Gasteiger partial charge on any atom is 0.294 e. The van der Waals surface area contributed by atoms with Crippen molar-refractivity contribution in [3.63, 3.8) is 0 Å². The molecule has 3 aromatic carbocycles. The Kier molecular flexibility index (Phi) is 9.46. The Balaban J connectivity index is 1.39. The molecule has 1 heterocycles. The van der Waals surface area contributed by atoms with E-state index >= 15 is 0 Å². The number of benzene rings is 3. The minimum Gasteiger partial charge on any atom is -0.493 e. The number of hydrogen-bond donors (Lipinski definition) is 2. The summed E-state index contributed by atoms with van der Waals surface area (Å²) in [5.74, 6) is -1.13. The number of thioether (sulfide) groups is 1. The minimum absolute atomic E-state index is 0.132. The summed E-state index contributed by atoms with van der Waals surface area (Å²) in [6.07, 6.45) is 1.50. The van der Waals surface area contributed by atoms with Gasteiger partial charge in [0.2, 0.25) is 5.91 Å². The molecule has 12 nitrogen and oxygen atoms in total. The van der Waals surface area contributed by atoms with E-state index in [0.717, 1.165) is 33.4 Å². The van der Waals surface area contributed by atoms with Gasteiger partial charge in [0.05, 0.1) is 16.9 Å². The lowest BCUT2D eigenvalue weighted by Gasteiger charge is -2.16. The van der Waals surface area contributed by atoms with Crippen molar-refractivity contribution in [1.82, 2.24) is 4.90 Å². The van der Waals surface area contributed by atoms with Gasteiger partial charge in [-0.05, 0) is 73.5 Å². The lowest BCUT2D eigenvalue weighted by atomic mass is 10.1. The Labute approximate surface area is 251 Å². The van der Waals surface area contributed by atoms with Crippen LogP contribution in [0.3, 0.4) is 0 Å². The molecule has 4 amide bonds. The highest BCUT2D eigenvalue weighted by Crippen LogP contribution is 2.35. The van der Waals surface area contributed by atoms with Crippen molar-refractivity contribution in [3.05, 3.63) is 91.9 Å². The van der Waals surface area contributed by atoms with E-state index in [-0.39, 0.29) is 27.8 Å². The molecule has 0 radical (unpaired) electrons. The highest BCUT2D eigenvalue weighted by Gasteiger charge is 2.36. The predicted octanol–water partition coefficient (Wildman–Crippen LogP) is 5.22. The van der Waals surface area contributed by atoms with E-state index in [0.29, 0.717) is 11.3 Å². The van der Waals surface area contributed by atoms with Gasteiger partial charge in [0.25, 0.3) is 22.7 Å². The summed E-state index contributed by atoms with van der Waals surface area (Å²) in [4.78, 5) is 62.0. The van der Waals surface area contributed by atoms with Gasteiger partial charge < -0.3 is 20.1 Å². The van der Waals surface area contributed by atoms with Crippen LogP contribution in [-0.2, 0) is 14.4 Å². The number of nitro groups is 1. The van der Waals surface area contributed by atoms with E-state index in [1.165, 1.54) is 43.5 Å². The number of amides is 4. The van der Waals surface area contributed by atoms with E-state index in [4.69, 9.17) is 9.47 Å². The Morgan fingerprint density at radius 2 is 1.70 bits per heavy atom. The Bertz CT molecular complexity index is 1650. The van der Waals surface area contributed by atoms with Crippen molar-refractivity contribution >= 4 is 57.9 Å². The molecule has 1 aliphatic heterocycles. The third-order valence-electron chi connectivity index (χ3n) is 6.30. The molecule has 0 atom stereocenters. The third kappa shape index (κ3) is 7.57. The maximum atomic E-state index is 13.0. The molecule has 2 N–H and O–H groups in total. The number of ether oxygens (including phenoxy) is 2. The summed E-state index contributed by atoms with van der Waals surface area (Å²) in [5, 5.41) is 15.7. The van der Waals surface area contributed by atoms with Gasteiger partial charge in [0.1, 0.15) is 6.54 Å². The van der Waals surface area contributed by atoms with Crippen molar-refractivity contribution in [2.24, 2.45) is 0 Å². The zero-order chi connectivity index (χ0) is 31.3. The summed E-state index contributed by atoms with van der Waals surface area (Å²) >= 11 is 0.720. The van der Waals surface area contributed by atoms with Crippen molar-refractivity contribution in [1.29, 1.82) is 0 Å². The number of anilines is 2. The molecule has 43 heavy (non-hydrogen) atoms. The van der Waals surface area contributed by atoms with Crippen LogP contribution in [-0.4, -0.2) is 53.0 Å². The number of rotatable bonds is 10. The number of methoxy groups -OCH3 is 1. The summed E-state index contributed by atoms with van der Waals surface area (Å²) < 4.78 is 10.9. The Morgan fingerprint density at radius 3 is 2.37 bits per heavy atom. The number of non-ortho nitro benzene ring substituents is 1. The standard InChI is InChI=1S/C30H28N4O8S/c1-17-10-18(2)28(19(3)11-17)32-26(35)15-33-29(37)25(43-30(33)38)13-20-8-9-23(24(12-20)41-4)42-16-27(36)31-21-6-5-7-22(14-21)34(39)40/h5-14H,15-16H2,1-4H3,(H,31,36)(H,32,35)/b25-13-. The molecular weight excluding hydrogens is 576 g/mol. The van der Waals surface area contributed by atoms with Crippen LogP contribution in [0, 0.1) is 30.9 Å². The van der Waals surface area contributed by atoms with Crippen molar-refractivity contribution in [2.45, 2.75) is 20.8 Å². The number of hydrogen-bond acceptors (Lipinski definition) is 9. The minimum atomic E-state index is -0.598. The van der Waals surface area contributed by atoms with Crippen LogP contribution in [0.2, 0.25) is 0 Å². The smallest absolute Gasteiger partial charge is 0.294 e. The average molecular weight is 605 g/mol. The monoisotopic (exact) mass is 604 g/mol. The van der Waals surface area contributed by atoms with E-state index in [2.05, 4.69) is 10.6 Å². The number of nitrogens with one attached hydrogen (secondary N) is 2. The zero-order valence-electron chi connectivity index (χ0n) is 23.8. The molecule has 0 bridgehead atoms. The number of carbonyl (C=O) groups excluding carboxylic acids is 4. The van der Waals surface area contributed by atoms with Gasteiger partial charge in [-0.1, -0.05) is 29.8 Å². The molecule has 222 valence electrons. The first kappa shape index (κ1) is 30.8. The highest BCUT2D eigenvalue weighted by molar-refractivity contribution is 8.18. The molecule has 0 aromatic heterocycles. The van der Waals surface area contributed by atoms with E-state index in [1.807, 2.05) is 32.9 Å². The molecule has 3 aromatic rings. The maximum absolute atomic E-state index is 13.0. The molecule has 1 fully saturated rings. The molecule has 0 saturated carbocycles. The van der Waals surface area contributed by atoms with Crippen LogP contribution in [0.4, 0.5) is 21.9 Å². The van der Waals surface area contributed by atoms with Gasteiger partial charge >= 0.3 is 0 Å². The van der Waals surface area contributed by atoms with Crippen LogP contribution < -0.4 is 20.1 Å². The Morgan fingerprint density at radius 1 is 0.977 bits per heavy atom. The average Bonchev–Trinajstić information content (AvgIpc) is 3.21. The second kappa shape index (κ2) is 13.2. The molecule has 1 aliphatic rings. The van der Waals surface area contributed by atoms with Gasteiger partial charge in [-0.2, -0.15) is 0 Å². The highest BCUT2D eigenvalue weighted by atomic mass is 32.2. The first-order chi connectivity index (χ1) is 20.4. The molecule has 0 spiro atoms. The predicted molar refractivity (Wildman–Crippen MR) is 162 cm³/mol. The van der Waals surface area contributed by atoms with Gasteiger partial charge in [0.15, 0.2) is 18.1 Å².